The van der Waals surface area contributed by atoms with E-state index in [4.69, 9.17) is 0 Å². The molecule has 0 amide bonds. The highest BCUT2D eigenvalue weighted by Crippen LogP contribution is 2.35. The first kappa shape index (κ1) is 10.3. The minimum absolute atomic E-state index is 0.882. The number of rotatable bonds is 2. The van der Waals surface area contributed by atoms with Gasteiger partial charge in [-0.2, -0.15) is 0 Å². The number of hydrogen-bond acceptors (Lipinski definition) is 1. The van der Waals surface area contributed by atoms with Crippen LogP contribution in [-0.2, 0) is 6.54 Å². The Morgan fingerprint density at radius 3 is 2.12 bits per heavy atom. The van der Waals surface area contributed by atoms with E-state index in [1.54, 1.807) is 0 Å². The second kappa shape index (κ2) is 4.58. The van der Waals surface area contributed by atoms with Crippen molar-refractivity contribution < 1.29 is 0 Å². The molecular weight excluding hydrogens is 194 g/mol. The second-order valence-electron chi connectivity index (χ2n) is 5.33. The Labute approximate surface area is 98.5 Å². The zero-order valence-electron chi connectivity index (χ0n) is 9.94. The molecule has 0 unspecified atom stereocenters. The van der Waals surface area contributed by atoms with E-state index in [0.717, 1.165) is 12.1 Å². The van der Waals surface area contributed by atoms with Gasteiger partial charge in [-0.25, -0.2) is 0 Å². The first-order valence-corrected chi connectivity index (χ1v) is 6.73. The maximum atomic E-state index is 2.78. The van der Waals surface area contributed by atoms with Crippen LogP contribution >= 0.6 is 0 Å². The summed E-state index contributed by atoms with van der Waals surface area (Å²) >= 11 is 0. The SMILES string of the molecule is c1ccc(CN2[C@@H]3CCCC[C@H]2CC3)cc1. The molecule has 2 aliphatic heterocycles. The van der Waals surface area contributed by atoms with E-state index >= 15 is 0 Å². The Kier molecular flexibility index (Phi) is 2.96. The van der Waals surface area contributed by atoms with Gasteiger partial charge in [-0.05, 0) is 31.2 Å². The quantitative estimate of drug-likeness (QED) is 0.728. The summed E-state index contributed by atoms with van der Waals surface area (Å²) in [4.78, 5) is 2.78. The predicted molar refractivity (Wildman–Crippen MR) is 67.3 cm³/mol. The summed E-state index contributed by atoms with van der Waals surface area (Å²) in [6, 6.07) is 12.7. The van der Waals surface area contributed by atoms with Crippen LogP contribution in [0.4, 0.5) is 0 Å². The Bertz CT molecular complexity index is 319. The van der Waals surface area contributed by atoms with Gasteiger partial charge in [0.1, 0.15) is 0 Å². The third kappa shape index (κ3) is 2.01. The van der Waals surface area contributed by atoms with Crippen molar-refractivity contribution in [2.75, 3.05) is 0 Å². The highest BCUT2D eigenvalue weighted by Gasteiger charge is 2.34. The van der Waals surface area contributed by atoms with Crippen LogP contribution in [-0.4, -0.2) is 17.0 Å². The van der Waals surface area contributed by atoms with E-state index in [-0.39, 0.29) is 0 Å². The normalized spacial score (nSPS) is 30.2. The van der Waals surface area contributed by atoms with Crippen LogP contribution in [0.1, 0.15) is 44.1 Å². The standard InChI is InChI=1S/C15H21N/c1-2-6-13(7-3-1)12-16-14-8-4-5-9-15(16)11-10-14/h1-3,6-7,14-15H,4-5,8-12H2/t14-,15+. The van der Waals surface area contributed by atoms with Gasteiger partial charge in [-0.3, -0.25) is 4.90 Å². The summed E-state index contributed by atoms with van der Waals surface area (Å²) in [6.45, 7) is 1.18. The van der Waals surface area contributed by atoms with Crippen LogP contribution in [0.25, 0.3) is 0 Å². The Morgan fingerprint density at radius 1 is 0.875 bits per heavy atom. The van der Waals surface area contributed by atoms with E-state index < -0.39 is 0 Å². The minimum Gasteiger partial charge on any atom is -0.293 e. The van der Waals surface area contributed by atoms with Crippen molar-refractivity contribution >= 4 is 0 Å². The van der Waals surface area contributed by atoms with Gasteiger partial charge in [0.05, 0.1) is 0 Å². The van der Waals surface area contributed by atoms with Crippen molar-refractivity contribution in [1.82, 2.24) is 4.90 Å². The fourth-order valence-corrected chi connectivity index (χ4v) is 3.45. The number of nitrogens with zero attached hydrogens (tertiary/aromatic N) is 1. The molecule has 2 fully saturated rings. The van der Waals surface area contributed by atoms with Gasteiger partial charge < -0.3 is 0 Å². The van der Waals surface area contributed by atoms with E-state index in [2.05, 4.69) is 35.2 Å². The maximum Gasteiger partial charge on any atom is 0.0239 e. The third-order valence-corrected chi connectivity index (χ3v) is 4.30. The van der Waals surface area contributed by atoms with Crippen molar-refractivity contribution in [3.8, 4) is 0 Å². The highest BCUT2D eigenvalue weighted by atomic mass is 15.2. The fraction of sp³-hybridized carbons (Fsp3) is 0.600. The van der Waals surface area contributed by atoms with Gasteiger partial charge in [-0.1, -0.05) is 43.2 Å². The number of fused-ring (bicyclic) bond motifs is 2. The zero-order chi connectivity index (χ0) is 10.8. The first-order valence-electron chi connectivity index (χ1n) is 6.73. The van der Waals surface area contributed by atoms with Crippen molar-refractivity contribution in [2.45, 2.75) is 57.2 Å². The summed E-state index contributed by atoms with van der Waals surface area (Å²) in [5, 5.41) is 0. The lowest BCUT2D eigenvalue weighted by Gasteiger charge is -2.27. The maximum absolute atomic E-state index is 2.78. The Morgan fingerprint density at radius 2 is 1.50 bits per heavy atom. The lowest BCUT2D eigenvalue weighted by molar-refractivity contribution is 0.185. The topological polar surface area (TPSA) is 3.24 Å². The third-order valence-electron chi connectivity index (χ3n) is 4.30. The Balaban J connectivity index is 1.74. The lowest BCUT2D eigenvalue weighted by Crippen LogP contribution is -2.33. The average Bonchev–Trinajstić information content (AvgIpc) is 2.54. The molecule has 0 N–H and O–H groups in total. The molecule has 1 aromatic rings. The van der Waals surface area contributed by atoms with Crippen LogP contribution < -0.4 is 0 Å². The summed E-state index contributed by atoms with van der Waals surface area (Å²) in [5.74, 6) is 0. The molecular formula is C15H21N. The molecule has 1 heteroatoms. The molecule has 0 saturated carbocycles. The van der Waals surface area contributed by atoms with Crippen LogP contribution in [0.15, 0.2) is 30.3 Å². The monoisotopic (exact) mass is 215 g/mol. The van der Waals surface area contributed by atoms with E-state index in [9.17, 15) is 0 Å². The summed E-state index contributed by atoms with van der Waals surface area (Å²) in [5.41, 5.74) is 1.49. The van der Waals surface area contributed by atoms with Crippen molar-refractivity contribution in [3.05, 3.63) is 35.9 Å². The van der Waals surface area contributed by atoms with Gasteiger partial charge in [0.2, 0.25) is 0 Å². The average molecular weight is 215 g/mol. The predicted octanol–water partition coefficient (Wildman–Crippen LogP) is 3.59. The molecule has 3 rings (SSSR count). The highest BCUT2D eigenvalue weighted by molar-refractivity contribution is 5.15. The summed E-state index contributed by atoms with van der Waals surface area (Å²) in [6.07, 6.45) is 8.65. The molecule has 2 heterocycles. The molecule has 0 aromatic heterocycles. The van der Waals surface area contributed by atoms with Crippen LogP contribution in [0.2, 0.25) is 0 Å². The second-order valence-corrected chi connectivity index (χ2v) is 5.33. The molecule has 86 valence electrons. The molecule has 0 spiro atoms. The Hall–Kier alpha value is -0.820. The van der Waals surface area contributed by atoms with Crippen molar-refractivity contribution in [2.24, 2.45) is 0 Å². The summed E-state index contributed by atoms with van der Waals surface area (Å²) < 4.78 is 0. The molecule has 1 nitrogen and oxygen atoms in total. The summed E-state index contributed by atoms with van der Waals surface area (Å²) in [7, 11) is 0. The van der Waals surface area contributed by atoms with Crippen molar-refractivity contribution in [1.29, 1.82) is 0 Å². The van der Waals surface area contributed by atoms with E-state index in [0.29, 0.717) is 0 Å². The van der Waals surface area contributed by atoms with E-state index in [1.807, 2.05) is 0 Å². The van der Waals surface area contributed by atoms with E-state index in [1.165, 1.54) is 50.6 Å². The zero-order valence-corrected chi connectivity index (χ0v) is 9.94. The smallest absolute Gasteiger partial charge is 0.0239 e. The molecule has 2 atom stereocenters. The van der Waals surface area contributed by atoms with Crippen LogP contribution in [0.5, 0.6) is 0 Å². The van der Waals surface area contributed by atoms with Crippen LogP contribution in [0.3, 0.4) is 0 Å². The minimum atomic E-state index is 0.882. The molecule has 2 aliphatic rings. The van der Waals surface area contributed by atoms with Crippen LogP contribution in [0, 0.1) is 0 Å². The van der Waals surface area contributed by atoms with Gasteiger partial charge in [0.15, 0.2) is 0 Å². The molecule has 1 aromatic carbocycles. The molecule has 2 saturated heterocycles. The van der Waals surface area contributed by atoms with Gasteiger partial charge in [-0.15, -0.1) is 0 Å². The molecule has 0 aliphatic carbocycles. The molecule has 0 radical (unpaired) electrons. The molecule has 2 bridgehead atoms. The van der Waals surface area contributed by atoms with Crippen molar-refractivity contribution in [3.63, 3.8) is 0 Å². The molecule has 16 heavy (non-hydrogen) atoms. The van der Waals surface area contributed by atoms with Gasteiger partial charge >= 0.3 is 0 Å². The number of benzene rings is 1. The first-order chi connectivity index (χ1) is 7.93. The van der Waals surface area contributed by atoms with Gasteiger partial charge in [0, 0.05) is 18.6 Å². The lowest BCUT2D eigenvalue weighted by atomic mass is 10.0. The largest absolute Gasteiger partial charge is 0.293 e. The fourth-order valence-electron chi connectivity index (χ4n) is 3.45. The van der Waals surface area contributed by atoms with Gasteiger partial charge in [0.25, 0.3) is 0 Å². The number of hydrogen-bond donors (Lipinski definition) is 0.